The van der Waals surface area contributed by atoms with Gasteiger partial charge in [-0.3, -0.25) is 4.79 Å². The summed E-state index contributed by atoms with van der Waals surface area (Å²) in [5.41, 5.74) is -0.892. The van der Waals surface area contributed by atoms with Gasteiger partial charge in [0.15, 0.2) is 0 Å². The molecule has 2 atom stereocenters. The van der Waals surface area contributed by atoms with Gasteiger partial charge in [0, 0.05) is 6.54 Å². The average Bonchev–Trinajstić information content (AvgIpc) is 2.50. The Hall–Kier alpha value is -0.610. The van der Waals surface area contributed by atoms with Crippen molar-refractivity contribution in [1.82, 2.24) is 4.90 Å². The first-order valence-corrected chi connectivity index (χ1v) is 6.06. The van der Waals surface area contributed by atoms with E-state index in [1.54, 1.807) is 6.92 Å². The first-order valence-electron chi connectivity index (χ1n) is 6.06. The highest BCUT2D eigenvalue weighted by atomic mass is 16.5. The molecule has 0 aliphatic carbocycles. The van der Waals surface area contributed by atoms with Crippen LogP contribution in [0.3, 0.4) is 0 Å². The monoisotopic (exact) mass is 229 g/mol. The standard InChI is InChI=1S/C12H23NO3/c1-4-13-8-5-6-12(15,7-9-13)10(2)11(14)16-3/h10,15H,4-9H2,1-3H3. The molecule has 94 valence electrons. The first kappa shape index (κ1) is 13.5. The number of nitrogens with zero attached hydrogens (tertiary/aromatic N) is 1. The average molecular weight is 229 g/mol. The van der Waals surface area contributed by atoms with E-state index < -0.39 is 11.5 Å². The molecule has 1 saturated heterocycles. The fraction of sp³-hybridized carbons (Fsp3) is 0.917. The molecule has 2 unspecified atom stereocenters. The molecule has 0 aromatic carbocycles. The third-order valence-corrected chi connectivity index (χ3v) is 3.75. The number of carbonyl (C=O) groups excluding carboxylic acids is 1. The number of likely N-dealkylation sites (tertiary alicyclic amines) is 1. The van der Waals surface area contributed by atoms with Crippen molar-refractivity contribution in [2.75, 3.05) is 26.7 Å². The van der Waals surface area contributed by atoms with E-state index in [1.807, 2.05) is 0 Å². The van der Waals surface area contributed by atoms with Crippen LogP contribution in [0.1, 0.15) is 33.1 Å². The second-order valence-electron chi connectivity index (χ2n) is 4.64. The second-order valence-corrected chi connectivity index (χ2v) is 4.64. The maximum Gasteiger partial charge on any atom is 0.311 e. The predicted octanol–water partition coefficient (Wildman–Crippen LogP) is 1.03. The van der Waals surface area contributed by atoms with Crippen molar-refractivity contribution in [1.29, 1.82) is 0 Å². The molecule has 1 N–H and O–H groups in total. The Morgan fingerprint density at radius 2 is 2.19 bits per heavy atom. The topological polar surface area (TPSA) is 49.8 Å². The summed E-state index contributed by atoms with van der Waals surface area (Å²) in [4.78, 5) is 13.8. The molecule has 1 aliphatic heterocycles. The van der Waals surface area contributed by atoms with Crippen molar-refractivity contribution in [3.63, 3.8) is 0 Å². The lowest BCUT2D eigenvalue weighted by Gasteiger charge is -2.31. The maximum absolute atomic E-state index is 11.5. The molecule has 0 bridgehead atoms. The van der Waals surface area contributed by atoms with Crippen LogP contribution in [0.2, 0.25) is 0 Å². The van der Waals surface area contributed by atoms with E-state index in [9.17, 15) is 9.90 Å². The van der Waals surface area contributed by atoms with Gasteiger partial charge in [-0.1, -0.05) is 6.92 Å². The zero-order valence-corrected chi connectivity index (χ0v) is 10.5. The molecule has 1 rings (SSSR count). The van der Waals surface area contributed by atoms with Gasteiger partial charge in [-0.2, -0.15) is 0 Å². The van der Waals surface area contributed by atoms with E-state index in [0.717, 1.165) is 26.1 Å². The zero-order chi connectivity index (χ0) is 12.2. The summed E-state index contributed by atoms with van der Waals surface area (Å²) in [5.74, 6) is -0.748. The Morgan fingerprint density at radius 1 is 1.50 bits per heavy atom. The van der Waals surface area contributed by atoms with E-state index in [2.05, 4.69) is 11.8 Å². The van der Waals surface area contributed by atoms with Gasteiger partial charge in [0.25, 0.3) is 0 Å². The highest BCUT2D eigenvalue weighted by molar-refractivity contribution is 5.73. The molecular formula is C12H23NO3. The molecule has 1 heterocycles. The van der Waals surface area contributed by atoms with Gasteiger partial charge in [-0.05, 0) is 39.3 Å². The number of ether oxygens (including phenoxy) is 1. The van der Waals surface area contributed by atoms with Gasteiger partial charge in [0.2, 0.25) is 0 Å². The van der Waals surface area contributed by atoms with Crippen LogP contribution in [0, 0.1) is 5.92 Å². The summed E-state index contributed by atoms with van der Waals surface area (Å²) < 4.78 is 4.71. The minimum absolute atomic E-state index is 0.313. The van der Waals surface area contributed by atoms with Crippen molar-refractivity contribution in [3.05, 3.63) is 0 Å². The minimum Gasteiger partial charge on any atom is -0.469 e. The largest absolute Gasteiger partial charge is 0.469 e. The summed E-state index contributed by atoms with van der Waals surface area (Å²) >= 11 is 0. The van der Waals surface area contributed by atoms with E-state index in [-0.39, 0.29) is 5.97 Å². The summed E-state index contributed by atoms with van der Waals surface area (Å²) in [5, 5.41) is 10.5. The van der Waals surface area contributed by atoms with Crippen LogP contribution >= 0.6 is 0 Å². The van der Waals surface area contributed by atoms with Crippen molar-refractivity contribution in [3.8, 4) is 0 Å². The van der Waals surface area contributed by atoms with E-state index in [1.165, 1.54) is 7.11 Å². The molecule has 0 aromatic heterocycles. The molecule has 0 aromatic rings. The van der Waals surface area contributed by atoms with Crippen molar-refractivity contribution in [2.45, 2.75) is 38.7 Å². The van der Waals surface area contributed by atoms with Crippen LogP contribution < -0.4 is 0 Å². The number of hydrogen-bond donors (Lipinski definition) is 1. The summed E-state index contributed by atoms with van der Waals surface area (Å²) in [7, 11) is 1.37. The summed E-state index contributed by atoms with van der Waals surface area (Å²) in [6.07, 6.45) is 2.27. The number of rotatable bonds is 3. The third kappa shape index (κ3) is 2.95. The Kier molecular flexibility index (Phi) is 4.74. The number of methoxy groups -OCH3 is 1. The highest BCUT2D eigenvalue weighted by Gasteiger charge is 2.39. The van der Waals surface area contributed by atoms with Crippen molar-refractivity contribution >= 4 is 5.97 Å². The number of hydrogen-bond acceptors (Lipinski definition) is 4. The third-order valence-electron chi connectivity index (χ3n) is 3.75. The van der Waals surface area contributed by atoms with Crippen LogP contribution in [-0.2, 0) is 9.53 Å². The lowest BCUT2D eigenvalue weighted by Crippen LogP contribution is -2.42. The van der Waals surface area contributed by atoms with Crippen molar-refractivity contribution in [2.24, 2.45) is 5.92 Å². The van der Waals surface area contributed by atoms with Crippen LogP contribution in [0.5, 0.6) is 0 Å². The van der Waals surface area contributed by atoms with E-state index >= 15 is 0 Å². The molecule has 0 saturated carbocycles. The molecule has 1 fully saturated rings. The molecular weight excluding hydrogens is 206 g/mol. The normalized spacial score (nSPS) is 29.5. The lowest BCUT2D eigenvalue weighted by molar-refractivity contribution is -0.155. The SMILES string of the molecule is CCN1CCCC(O)(C(C)C(=O)OC)CC1. The fourth-order valence-corrected chi connectivity index (χ4v) is 2.34. The van der Waals surface area contributed by atoms with Crippen LogP contribution in [0.15, 0.2) is 0 Å². The highest BCUT2D eigenvalue weighted by Crippen LogP contribution is 2.30. The van der Waals surface area contributed by atoms with Gasteiger partial charge < -0.3 is 14.7 Å². The fourth-order valence-electron chi connectivity index (χ4n) is 2.34. The molecule has 16 heavy (non-hydrogen) atoms. The van der Waals surface area contributed by atoms with E-state index in [4.69, 9.17) is 4.74 Å². The Labute approximate surface area is 97.6 Å². The summed E-state index contributed by atoms with van der Waals surface area (Å²) in [6.45, 7) is 6.74. The van der Waals surface area contributed by atoms with Crippen LogP contribution in [0.25, 0.3) is 0 Å². The Bertz CT molecular complexity index is 244. The summed E-state index contributed by atoms with van der Waals surface area (Å²) in [6, 6.07) is 0. The van der Waals surface area contributed by atoms with Crippen LogP contribution in [0.4, 0.5) is 0 Å². The maximum atomic E-state index is 11.5. The quantitative estimate of drug-likeness (QED) is 0.734. The van der Waals surface area contributed by atoms with Gasteiger partial charge >= 0.3 is 5.97 Å². The van der Waals surface area contributed by atoms with Gasteiger partial charge in [-0.25, -0.2) is 0 Å². The molecule has 1 aliphatic rings. The van der Waals surface area contributed by atoms with Gasteiger partial charge in [-0.15, -0.1) is 0 Å². The van der Waals surface area contributed by atoms with Gasteiger partial charge in [0.05, 0.1) is 18.6 Å². The molecule has 0 spiro atoms. The lowest BCUT2D eigenvalue weighted by atomic mass is 9.82. The Balaban J connectivity index is 2.66. The number of esters is 1. The van der Waals surface area contributed by atoms with Gasteiger partial charge in [0.1, 0.15) is 0 Å². The number of aliphatic hydroxyl groups is 1. The molecule has 0 radical (unpaired) electrons. The molecule has 0 amide bonds. The van der Waals surface area contributed by atoms with E-state index in [0.29, 0.717) is 12.8 Å². The number of carbonyl (C=O) groups is 1. The van der Waals surface area contributed by atoms with Crippen LogP contribution in [-0.4, -0.2) is 48.3 Å². The molecule has 4 nitrogen and oxygen atoms in total. The zero-order valence-electron chi connectivity index (χ0n) is 10.5. The second kappa shape index (κ2) is 5.64. The first-order chi connectivity index (χ1) is 7.53. The molecule has 4 heteroatoms. The smallest absolute Gasteiger partial charge is 0.311 e. The minimum atomic E-state index is -0.892. The van der Waals surface area contributed by atoms with Crippen molar-refractivity contribution < 1.29 is 14.6 Å². The Morgan fingerprint density at radius 3 is 2.75 bits per heavy atom. The predicted molar refractivity (Wildman–Crippen MR) is 62.1 cm³/mol.